The van der Waals surface area contributed by atoms with Crippen molar-refractivity contribution in [2.24, 2.45) is 11.8 Å². The molecule has 2 rings (SSSR count). The van der Waals surface area contributed by atoms with Crippen LogP contribution < -0.4 is 0 Å². The lowest BCUT2D eigenvalue weighted by Crippen LogP contribution is -2.43. The molecule has 1 heterocycles. The van der Waals surface area contributed by atoms with Crippen LogP contribution >= 0.6 is 0 Å². The van der Waals surface area contributed by atoms with Crippen LogP contribution in [0.5, 0.6) is 0 Å². The Bertz CT molecular complexity index is 519. The summed E-state index contributed by atoms with van der Waals surface area (Å²) in [6.45, 7) is 6.19. The smallest absolute Gasteiger partial charge is 0.225 e. The molecule has 0 bridgehead atoms. The molecule has 0 atom stereocenters. The Labute approximate surface area is 139 Å². The van der Waals surface area contributed by atoms with E-state index in [2.05, 4.69) is 13.8 Å². The maximum atomic E-state index is 12.6. The summed E-state index contributed by atoms with van der Waals surface area (Å²) in [4.78, 5) is 28.4. The van der Waals surface area contributed by atoms with E-state index in [9.17, 15) is 9.59 Å². The Morgan fingerprint density at radius 1 is 1.17 bits per heavy atom. The van der Waals surface area contributed by atoms with E-state index in [0.717, 1.165) is 18.4 Å². The molecule has 1 saturated heterocycles. The SMILES string of the molecule is CC(C)CC(=O)N1CCC(C(=O)N(C)Cc2ccccc2)CC1. The van der Waals surface area contributed by atoms with Gasteiger partial charge in [0.05, 0.1) is 0 Å². The Morgan fingerprint density at radius 3 is 2.35 bits per heavy atom. The van der Waals surface area contributed by atoms with Gasteiger partial charge in [-0.15, -0.1) is 0 Å². The summed E-state index contributed by atoms with van der Waals surface area (Å²) in [5, 5.41) is 0. The molecule has 0 radical (unpaired) electrons. The summed E-state index contributed by atoms with van der Waals surface area (Å²) < 4.78 is 0. The number of hydrogen-bond donors (Lipinski definition) is 0. The van der Waals surface area contributed by atoms with Crippen molar-refractivity contribution >= 4 is 11.8 Å². The van der Waals surface area contributed by atoms with Crippen molar-refractivity contribution in [2.45, 2.75) is 39.7 Å². The van der Waals surface area contributed by atoms with Gasteiger partial charge in [-0.05, 0) is 24.3 Å². The molecule has 0 spiro atoms. The van der Waals surface area contributed by atoms with Crippen molar-refractivity contribution in [3.63, 3.8) is 0 Å². The molecule has 0 aliphatic carbocycles. The highest BCUT2D eigenvalue weighted by Crippen LogP contribution is 2.21. The number of carbonyl (C=O) groups is 2. The van der Waals surface area contributed by atoms with Gasteiger partial charge in [0.25, 0.3) is 0 Å². The second kappa shape index (κ2) is 8.14. The lowest BCUT2D eigenvalue weighted by molar-refractivity contribution is -0.140. The van der Waals surface area contributed by atoms with Crippen molar-refractivity contribution in [2.75, 3.05) is 20.1 Å². The first kappa shape index (κ1) is 17.5. The highest BCUT2D eigenvalue weighted by molar-refractivity contribution is 5.80. The third kappa shape index (κ3) is 5.08. The highest BCUT2D eigenvalue weighted by Gasteiger charge is 2.29. The molecule has 1 aromatic rings. The first-order chi connectivity index (χ1) is 11.0. The summed E-state index contributed by atoms with van der Waals surface area (Å²) in [5.74, 6) is 0.860. The topological polar surface area (TPSA) is 40.6 Å². The van der Waals surface area contributed by atoms with Crippen LogP contribution in [-0.4, -0.2) is 41.8 Å². The Balaban J connectivity index is 1.82. The number of amides is 2. The molecule has 0 unspecified atom stereocenters. The van der Waals surface area contributed by atoms with Crippen LogP contribution in [0.4, 0.5) is 0 Å². The standard InChI is InChI=1S/C19H28N2O2/c1-15(2)13-18(22)21-11-9-17(10-12-21)19(23)20(3)14-16-7-5-4-6-8-16/h4-8,15,17H,9-14H2,1-3H3. The molecule has 4 heteroatoms. The number of nitrogens with zero attached hydrogens (tertiary/aromatic N) is 2. The van der Waals surface area contributed by atoms with E-state index in [1.807, 2.05) is 47.2 Å². The van der Waals surface area contributed by atoms with Crippen molar-refractivity contribution in [1.29, 1.82) is 0 Å². The fraction of sp³-hybridized carbons (Fsp3) is 0.579. The van der Waals surface area contributed by atoms with Crippen LogP contribution in [-0.2, 0) is 16.1 Å². The predicted molar refractivity (Wildman–Crippen MR) is 91.7 cm³/mol. The summed E-state index contributed by atoms with van der Waals surface area (Å²) in [5.41, 5.74) is 1.15. The molecule has 0 N–H and O–H groups in total. The fourth-order valence-corrected chi connectivity index (χ4v) is 3.10. The molecule has 1 aliphatic heterocycles. The second-order valence-corrected chi connectivity index (χ2v) is 6.93. The number of hydrogen-bond acceptors (Lipinski definition) is 2. The van der Waals surface area contributed by atoms with E-state index in [0.29, 0.717) is 32.0 Å². The average Bonchev–Trinajstić information content (AvgIpc) is 2.54. The van der Waals surface area contributed by atoms with Crippen LogP contribution in [0.25, 0.3) is 0 Å². The van der Waals surface area contributed by atoms with Crippen LogP contribution in [0.3, 0.4) is 0 Å². The number of rotatable bonds is 5. The Morgan fingerprint density at radius 2 is 1.78 bits per heavy atom. The number of piperidine rings is 1. The molecule has 0 saturated carbocycles. The number of likely N-dealkylation sites (tertiary alicyclic amines) is 1. The maximum absolute atomic E-state index is 12.6. The molecule has 23 heavy (non-hydrogen) atoms. The minimum absolute atomic E-state index is 0.0480. The van der Waals surface area contributed by atoms with Gasteiger partial charge in [0.2, 0.25) is 11.8 Å². The number of benzene rings is 1. The van der Waals surface area contributed by atoms with Crippen LogP contribution in [0.1, 0.15) is 38.7 Å². The zero-order chi connectivity index (χ0) is 16.8. The van der Waals surface area contributed by atoms with Gasteiger partial charge in [-0.3, -0.25) is 9.59 Å². The maximum Gasteiger partial charge on any atom is 0.225 e. The first-order valence-corrected chi connectivity index (χ1v) is 8.54. The van der Waals surface area contributed by atoms with E-state index in [1.165, 1.54) is 0 Å². The molecular formula is C19H28N2O2. The molecule has 1 aromatic carbocycles. The zero-order valence-electron chi connectivity index (χ0n) is 14.5. The zero-order valence-corrected chi connectivity index (χ0v) is 14.5. The van der Waals surface area contributed by atoms with Gasteiger partial charge >= 0.3 is 0 Å². The molecule has 4 nitrogen and oxygen atoms in total. The van der Waals surface area contributed by atoms with Gasteiger partial charge in [0, 0.05) is 39.0 Å². The third-order valence-corrected chi connectivity index (χ3v) is 4.42. The third-order valence-electron chi connectivity index (χ3n) is 4.42. The minimum Gasteiger partial charge on any atom is -0.343 e. The average molecular weight is 316 g/mol. The molecule has 1 fully saturated rings. The molecule has 126 valence electrons. The molecule has 2 amide bonds. The summed E-state index contributed by atoms with van der Waals surface area (Å²) in [6, 6.07) is 10.0. The van der Waals surface area contributed by atoms with Crippen LogP contribution in [0.2, 0.25) is 0 Å². The monoisotopic (exact) mass is 316 g/mol. The van der Waals surface area contributed by atoms with Gasteiger partial charge < -0.3 is 9.80 Å². The van der Waals surface area contributed by atoms with Crippen molar-refractivity contribution < 1.29 is 9.59 Å². The Kier molecular flexibility index (Phi) is 6.20. The van der Waals surface area contributed by atoms with Gasteiger partial charge in [0.15, 0.2) is 0 Å². The van der Waals surface area contributed by atoms with Gasteiger partial charge in [-0.1, -0.05) is 44.2 Å². The largest absolute Gasteiger partial charge is 0.343 e. The normalized spacial score (nSPS) is 15.7. The van der Waals surface area contributed by atoms with E-state index < -0.39 is 0 Å². The lowest BCUT2D eigenvalue weighted by atomic mass is 9.94. The van der Waals surface area contributed by atoms with Crippen LogP contribution in [0.15, 0.2) is 30.3 Å². The minimum atomic E-state index is 0.0480. The predicted octanol–water partition coefficient (Wildman–Crippen LogP) is 2.93. The lowest BCUT2D eigenvalue weighted by Gasteiger charge is -2.33. The van der Waals surface area contributed by atoms with E-state index in [-0.39, 0.29) is 17.7 Å². The molecular weight excluding hydrogens is 288 g/mol. The van der Waals surface area contributed by atoms with Crippen molar-refractivity contribution in [1.82, 2.24) is 9.80 Å². The molecule has 0 aromatic heterocycles. The quantitative estimate of drug-likeness (QED) is 0.838. The Hall–Kier alpha value is -1.84. The van der Waals surface area contributed by atoms with Gasteiger partial charge in [-0.25, -0.2) is 0 Å². The van der Waals surface area contributed by atoms with E-state index >= 15 is 0 Å². The number of carbonyl (C=O) groups excluding carboxylic acids is 2. The van der Waals surface area contributed by atoms with Crippen molar-refractivity contribution in [3.05, 3.63) is 35.9 Å². The second-order valence-electron chi connectivity index (χ2n) is 6.93. The molecule has 1 aliphatic rings. The van der Waals surface area contributed by atoms with E-state index in [4.69, 9.17) is 0 Å². The fourth-order valence-electron chi connectivity index (χ4n) is 3.10. The first-order valence-electron chi connectivity index (χ1n) is 8.54. The van der Waals surface area contributed by atoms with Gasteiger partial charge in [0.1, 0.15) is 0 Å². The van der Waals surface area contributed by atoms with Crippen molar-refractivity contribution in [3.8, 4) is 0 Å². The summed E-state index contributed by atoms with van der Waals surface area (Å²) in [7, 11) is 1.87. The summed E-state index contributed by atoms with van der Waals surface area (Å²) in [6.07, 6.45) is 2.16. The highest BCUT2D eigenvalue weighted by atomic mass is 16.2. The van der Waals surface area contributed by atoms with E-state index in [1.54, 1.807) is 0 Å². The van der Waals surface area contributed by atoms with Gasteiger partial charge in [-0.2, -0.15) is 0 Å². The van der Waals surface area contributed by atoms with Crippen LogP contribution in [0, 0.1) is 11.8 Å². The summed E-state index contributed by atoms with van der Waals surface area (Å²) >= 11 is 0.